The van der Waals surface area contributed by atoms with Gasteiger partial charge in [0.05, 0.1) is 5.92 Å². The predicted molar refractivity (Wildman–Crippen MR) is 78.5 cm³/mol. The van der Waals surface area contributed by atoms with Gasteiger partial charge in [0.15, 0.2) is 0 Å². The molecule has 1 aromatic carbocycles. The van der Waals surface area contributed by atoms with Crippen LogP contribution in [0.25, 0.3) is 0 Å². The van der Waals surface area contributed by atoms with Crippen molar-refractivity contribution in [3.63, 3.8) is 0 Å². The Bertz CT molecular complexity index is 412. The molecule has 1 atom stereocenters. The van der Waals surface area contributed by atoms with Crippen LogP contribution in [0.15, 0.2) is 18.2 Å². The van der Waals surface area contributed by atoms with E-state index in [4.69, 9.17) is 16.7 Å². The summed E-state index contributed by atoms with van der Waals surface area (Å²) in [5.41, 5.74) is 2.19. The summed E-state index contributed by atoms with van der Waals surface area (Å²) in [5.74, 6) is -0.680. The molecule has 0 bridgehead atoms. The third kappa shape index (κ3) is 6.08. The Kier molecular flexibility index (Phi) is 6.32. The Hall–Kier alpha value is -1.06. The van der Waals surface area contributed by atoms with E-state index in [-0.39, 0.29) is 5.92 Å². The van der Waals surface area contributed by atoms with Gasteiger partial charge in [-0.25, -0.2) is 0 Å². The van der Waals surface area contributed by atoms with Crippen LogP contribution >= 0.6 is 11.6 Å². The van der Waals surface area contributed by atoms with Gasteiger partial charge in [0.2, 0.25) is 0 Å². The van der Waals surface area contributed by atoms with E-state index < -0.39 is 5.97 Å². The Morgan fingerprint density at radius 2 is 2.05 bits per heavy atom. The van der Waals surface area contributed by atoms with Gasteiger partial charge in [-0.15, -0.1) is 0 Å². The standard InChI is InChI=1S/C15H22ClNO2/c1-10(2)4-13(15(18)19)9-17-8-12-5-11(3)6-14(16)7-12/h5-7,10,13,17H,4,8-9H2,1-3H3,(H,18,19). The summed E-state index contributed by atoms with van der Waals surface area (Å²) in [4.78, 5) is 11.1. The summed E-state index contributed by atoms with van der Waals surface area (Å²) in [6.07, 6.45) is 0.691. The first-order valence-corrected chi connectivity index (χ1v) is 6.96. The molecule has 0 radical (unpaired) electrons. The summed E-state index contributed by atoms with van der Waals surface area (Å²) >= 11 is 5.99. The normalized spacial score (nSPS) is 12.7. The molecule has 1 aromatic rings. The van der Waals surface area contributed by atoms with Crippen LogP contribution < -0.4 is 5.32 Å². The van der Waals surface area contributed by atoms with Crippen LogP contribution in [-0.4, -0.2) is 17.6 Å². The number of aryl methyl sites for hydroxylation is 1. The van der Waals surface area contributed by atoms with Gasteiger partial charge in [0, 0.05) is 18.1 Å². The SMILES string of the molecule is Cc1cc(Cl)cc(CNCC(CC(C)C)C(=O)O)c1. The quantitative estimate of drug-likeness (QED) is 0.805. The topological polar surface area (TPSA) is 49.3 Å². The highest BCUT2D eigenvalue weighted by Gasteiger charge is 2.18. The average molecular weight is 284 g/mol. The molecule has 106 valence electrons. The maximum absolute atomic E-state index is 11.1. The number of rotatable bonds is 7. The Morgan fingerprint density at radius 3 is 2.58 bits per heavy atom. The number of hydrogen-bond donors (Lipinski definition) is 2. The monoisotopic (exact) mass is 283 g/mol. The van der Waals surface area contributed by atoms with Crippen molar-refractivity contribution >= 4 is 17.6 Å². The molecule has 0 aliphatic carbocycles. The van der Waals surface area contributed by atoms with Crippen molar-refractivity contribution in [2.24, 2.45) is 11.8 Å². The number of carbonyl (C=O) groups is 1. The smallest absolute Gasteiger partial charge is 0.307 e. The summed E-state index contributed by atoms with van der Waals surface area (Å²) in [6, 6.07) is 5.86. The van der Waals surface area contributed by atoms with E-state index in [0.29, 0.717) is 30.5 Å². The van der Waals surface area contributed by atoms with E-state index in [1.807, 2.05) is 32.9 Å². The molecule has 1 unspecified atom stereocenters. The zero-order chi connectivity index (χ0) is 14.4. The molecule has 2 N–H and O–H groups in total. The molecule has 0 aliphatic rings. The minimum Gasteiger partial charge on any atom is -0.481 e. The minimum absolute atomic E-state index is 0.333. The fourth-order valence-electron chi connectivity index (χ4n) is 2.15. The summed E-state index contributed by atoms with van der Waals surface area (Å²) < 4.78 is 0. The van der Waals surface area contributed by atoms with Gasteiger partial charge >= 0.3 is 5.97 Å². The van der Waals surface area contributed by atoms with E-state index >= 15 is 0 Å². The van der Waals surface area contributed by atoms with Crippen molar-refractivity contribution in [3.05, 3.63) is 34.3 Å². The van der Waals surface area contributed by atoms with E-state index in [1.54, 1.807) is 0 Å². The molecule has 3 nitrogen and oxygen atoms in total. The second-order valence-electron chi connectivity index (χ2n) is 5.43. The Morgan fingerprint density at radius 1 is 1.37 bits per heavy atom. The maximum Gasteiger partial charge on any atom is 0.307 e. The maximum atomic E-state index is 11.1. The lowest BCUT2D eigenvalue weighted by atomic mass is 9.97. The molecule has 0 amide bonds. The highest BCUT2D eigenvalue weighted by Crippen LogP contribution is 2.15. The Balaban J connectivity index is 2.49. The van der Waals surface area contributed by atoms with Crippen molar-refractivity contribution in [3.8, 4) is 0 Å². The summed E-state index contributed by atoms with van der Waals surface area (Å²) in [6.45, 7) is 7.20. The number of carboxylic acids is 1. The van der Waals surface area contributed by atoms with Gasteiger partial charge in [0.1, 0.15) is 0 Å². The number of benzene rings is 1. The predicted octanol–water partition coefficient (Wildman–Crippen LogP) is 3.48. The van der Waals surface area contributed by atoms with Gasteiger partial charge in [-0.05, 0) is 42.5 Å². The lowest BCUT2D eigenvalue weighted by Gasteiger charge is -2.15. The van der Waals surface area contributed by atoms with Crippen LogP contribution in [0.5, 0.6) is 0 Å². The molecule has 0 fully saturated rings. The molecule has 0 spiro atoms. The van der Waals surface area contributed by atoms with Crippen LogP contribution in [0.4, 0.5) is 0 Å². The third-order valence-corrected chi connectivity index (χ3v) is 3.15. The first kappa shape index (κ1) is 16.0. The fourth-order valence-corrected chi connectivity index (χ4v) is 2.46. The highest BCUT2D eigenvalue weighted by molar-refractivity contribution is 6.30. The lowest BCUT2D eigenvalue weighted by Crippen LogP contribution is -2.29. The number of carboxylic acid groups (broad SMARTS) is 1. The molecule has 19 heavy (non-hydrogen) atoms. The van der Waals surface area contributed by atoms with E-state index in [0.717, 1.165) is 11.1 Å². The van der Waals surface area contributed by atoms with Crippen molar-refractivity contribution in [2.45, 2.75) is 33.7 Å². The number of nitrogens with one attached hydrogen (secondary N) is 1. The van der Waals surface area contributed by atoms with Crippen molar-refractivity contribution in [1.82, 2.24) is 5.32 Å². The molecule has 0 aromatic heterocycles. The van der Waals surface area contributed by atoms with Gasteiger partial charge in [-0.2, -0.15) is 0 Å². The van der Waals surface area contributed by atoms with E-state index in [2.05, 4.69) is 11.4 Å². The second-order valence-corrected chi connectivity index (χ2v) is 5.87. The number of halogens is 1. The molecule has 0 aliphatic heterocycles. The lowest BCUT2D eigenvalue weighted by molar-refractivity contribution is -0.142. The first-order valence-electron chi connectivity index (χ1n) is 6.58. The zero-order valence-electron chi connectivity index (χ0n) is 11.7. The first-order chi connectivity index (χ1) is 8.88. The third-order valence-electron chi connectivity index (χ3n) is 2.93. The zero-order valence-corrected chi connectivity index (χ0v) is 12.5. The molecule has 1 rings (SSSR count). The minimum atomic E-state index is -0.733. The molecular formula is C15H22ClNO2. The summed E-state index contributed by atoms with van der Waals surface area (Å²) in [7, 11) is 0. The van der Waals surface area contributed by atoms with Gasteiger partial charge in [0.25, 0.3) is 0 Å². The molecule has 0 heterocycles. The molecule has 4 heteroatoms. The number of aliphatic carboxylic acids is 1. The van der Waals surface area contributed by atoms with Crippen LogP contribution in [0, 0.1) is 18.8 Å². The second kappa shape index (κ2) is 7.51. The molecule has 0 saturated heterocycles. The van der Waals surface area contributed by atoms with Gasteiger partial charge in [-0.3, -0.25) is 4.79 Å². The fraction of sp³-hybridized carbons (Fsp3) is 0.533. The van der Waals surface area contributed by atoms with Crippen molar-refractivity contribution < 1.29 is 9.90 Å². The molecule has 0 saturated carbocycles. The highest BCUT2D eigenvalue weighted by atomic mass is 35.5. The van der Waals surface area contributed by atoms with Gasteiger partial charge < -0.3 is 10.4 Å². The van der Waals surface area contributed by atoms with Crippen LogP contribution in [0.1, 0.15) is 31.4 Å². The van der Waals surface area contributed by atoms with E-state index in [9.17, 15) is 4.79 Å². The summed E-state index contributed by atoms with van der Waals surface area (Å²) in [5, 5.41) is 13.1. The largest absolute Gasteiger partial charge is 0.481 e. The van der Waals surface area contributed by atoms with Gasteiger partial charge in [-0.1, -0.05) is 31.5 Å². The Labute approximate surface area is 120 Å². The van der Waals surface area contributed by atoms with Crippen LogP contribution in [-0.2, 0) is 11.3 Å². The van der Waals surface area contributed by atoms with Crippen molar-refractivity contribution in [1.29, 1.82) is 0 Å². The van der Waals surface area contributed by atoms with E-state index in [1.165, 1.54) is 0 Å². The number of hydrogen-bond acceptors (Lipinski definition) is 2. The van der Waals surface area contributed by atoms with Crippen molar-refractivity contribution in [2.75, 3.05) is 6.54 Å². The molecular weight excluding hydrogens is 262 g/mol. The van der Waals surface area contributed by atoms with Crippen LogP contribution in [0.2, 0.25) is 5.02 Å². The van der Waals surface area contributed by atoms with Crippen LogP contribution in [0.3, 0.4) is 0 Å². The average Bonchev–Trinajstić information content (AvgIpc) is 2.25.